The summed E-state index contributed by atoms with van der Waals surface area (Å²) in [4.78, 5) is 11.8. The van der Waals surface area contributed by atoms with Crippen LogP contribution in [-0.2, 0) is 19.7 Å². The van der Waals surface area contributed by atoms with Crippen LogP contribution in [0, 0.1) is 0 Å². The molecule has 0 radical (unpaired) electrons. The summed E-state index contributed by atoms with van der Waals surface area (Å²) in [6.07, 6.45) is 2.27. The fourth-order valence-electron chi connectivity index (χ4n) is 2.54. The summed E-state index contributed by atoms with van der Waals surface area (Å²) >= 11 is 0. The first-order valence-corrected chi connectivity index (χ1v) is 8.03. The summed E-state index contributed by atoms with van der Waals surface area (Å²) < 4.78 is 33.1. The molecule has 0 spiro atoms. The van der Waals surface area contributed by atoms with E-state index in [4.69, 9.17) is 4.74 Å². The van der Waals surface area contributed by atoms with Crippen LogP contribution in [0.5, 0.6) is 0 Å². The SMILES string of the molecule is CNC(=O)C1CCCCN1S(=O)(=O)N1CCOCC1. The van der Waals surface area contributed by atoms with Crippen LogP contribution < -0.4 is 5.32 Å². The minimum Gasteiger partial charge on any atom is -0.379 e. The van der Waals surface area contributed by atoms with E-state index >= 15 is 0 Å². The number of hydrogen-bond acceptors (Lipinski definition) is 4. The minimum absolute atomic E-state index is 0.225. The molecular weight excluding hydrogens is 270 g/mol. The molecular formula is C11H21N3O4S. The van der Waals surface area contributed by atoms with E-state index in [1.807, 2.05) is 0 Å². The molecule has 0 aromatic rings. The molecule has 19 heavy (non-hydrogen) atoms. The van der Waals surface area contributed by atoms with Gasteiger partial charge in [0, 0.05) is 26.7 Å². The van der Waals surface area contributed by atoms with Crippen molar-refractivity contribution in [3.05, 3.63) is 0 Å². The van der Waals surface area contributed by atoms with Crippen LogP contribution in [-0.4, -0.2) is 68.9 Å². The first-order valence-electron chi connectivity index (χ1n) is 6.63. The van der Waals surface area contributed by atoms with E-state index in [9.17, 15) is 13.2 Å². The summed E-state index contributed by atoms with van der Waals surface area (Å²) in [5.74, 6) is -0.225. The monoisotopic (exact) mass is 291 g/mol. The number of ether oxygens (including phenoxy) is 1. The molecule has 2 aliphatic heterocycles. The Balaban J connectivity index is 2.18. The minimum atomic E-state index is -3.56. The van der Waals surface area contributed by atoms with Crippen LogP contribution in [0.15, 0.2) is 0 Å². The van der Waals surface area contributed by atoms with Crippen LogP contribution in [0.4, 0.5) is 0 Å². The lowest BCUT2D eigenvalue weighted by Crippen LogP contribution is -2.57. The number of carbonyl (C=O) groups excluding carboxylic acids is 1. The number of likely N-dealkylation sites (N-methyl/N-ethyl adjacent to an activating group) is 1. The predicted octanol–water partition coefficient (Wildman–Crippen LogP) is -0.836. The van der Waals surface area contributed by atoms with Crippen molar-refractivity contribution in [3.8, 4) is 0 Å². The molecule has 2 fully saturated rings. The molecule has 1 atom stereocenters. The van der Waals surface area contributed by atoms with E-state index < -0.39 is 16.3 Å². The van der Waals surface area contributed by atoms with Gasteiger partial charge in [-0.3, -0.25) is 4.79 Å². The molecule has 2 heterocycles. The lowest BCUT2D eigenvalue weighted by molar-refractivity contribution is -0.125. The number of nitrogens with one attached hydrogen (secondary N) is 1. The molecule has 0 aliphatic carbocycles. The molecule has 0 bridgehead atoms. The molecule has 110 valence electrons. The van der Waals surface area contributed by atoms with Gasteiger partial charge in [-0.25, -0.2) is 0 Å². The van der Waals surface area contributed by atoms with Crippen LogP contribution in [0.1, 0.15) is 19.3 Å². The second-order valence-electron chi connectivity index (χ2n) is 4.76. The molecule has 0 saturated carbocycles. The average Bonchev–Trinajstić information content (AvgIpc) is 2.47. The van der Waals surface area contributed by atoms with E-state index in [1.165, 1.54) is 15.7 Å². The van der Waals surface area contributed by atoms with Gasteiger partial charge in [0.05, 0.1) is 13.2 Å². The van der Waals surface area contributed by atoms with E-state index in [-0.39, 0.29) is 5.91 Å². The second kappa shape index (κ2) is 6.17. The number of amides is 1. The van der Waals surface area contributed by atoms with E-state index in [0.29, 0.717) is 39.3 Å². The Kier molecular flexibility index (Phi) is 4.77. The number of carbonyl (C=O) groups is 1. The van der Waals surface area contributed by atoms with Crippen molar-refractivity contribution >= 4 is 16.1 Å². The highest BCUT2D eigenvalue weighted by Gasteiger charge is 2.39. The standard InChI is InChI=1S/C11H21N3O4S/c1-12-11(15)10-4-2-3-5-14(10)19(16,17)13-6-8-18-9-7-13/h10H,2-9H2,1H3,(H,12,15). The largest absolute Gasteiger partial charge is 0.379 e. The van der Waals surface area contributed by atoms with Crippen molar-refractivity contribution in [2.75, 3.05) is 39.9 Å². The van der Waals surface area contributed by atoms with Crippen LogP contribution in [0.25, 0.3) is 0 Å². The normalized spacial score (nSPS) is 27.1. The Bertz CT molecular complexity index is 420. The smallest absolute Gasteiger partial charge is 0.282 e. The fraction of sp³-hybridized carbons (Fsp3) is 0.909. The highest BCUT2D eigenvalue weighted by molar-refractivity contribution is 7.86. The zero-order valence-corrected chi connectivity index (χ0v) is 12.0. The Morgan fingerprint density at radius 1 is 1.21 bits per heavy atom. The number of rotatable bonds is 3. The Morgan fingerprint density at radius 2 is 1.89 bits per heavy atom. The van der Waals surface area contributed by atoms with E-state index in [0.717, 1.165) is 12.8 Å². The lowest BCUT2D eigenvalue weighted by Gasteiger charge is -2.37. The number of piperidine rings is 1. The maximum atomic E-state index is 12.6. The highest BCUT2D eigenvalue weighted by atomic mass is 32.2. The van der Waals surface area contributed by atoms with Crippen molar-refractivity contribution in [1.82, 2.24) is 13.9 Å². The summed E-state index contributed by atoms with van der Waals surface area (Å²) in [5, 5.41) is 2.55. The third-order valence-corrected chi connectivity index (χ3v) is 5.64. The summed E-state index contributed by atoms with van der Waals surface area (Å²) in [7, 11) is -2.03. The van der Waals surface area contributed by atoms with Crippen LogP contribution in [0.2, 0.25) is 0 Å². The van der Waals surface area contributed by atoms with Gasteiger partial charge in [0.2, 0.25) is 5.91 Å². The molecule has 1 unspecified atom stereocenters. The third-order valence-electron chi connectivity index (χ3n) is 3.60. The van der Waals surface area contributed by atoms with Gasteiger partial charge in [0.1, 0.15) is 6.04 Å². The molecule has 0 aromatic carbocycles. The predicted molar refractivity (Wildman–Crippen MR) is 69.7 cm³/mol. The quantitative estimate of drug-likeness (QED) is 0.736. The molecule has 2 saturated heterocycles. The number of morpholine rings is 1. The van der Waals surface area contributed by atoms with Crippen molar-refractivity contribution in [1.29, 1.82) is 0 Å². The number of nitrogens with zero attached hydrogens (tertiary/aromatic N) is 2. The van der Waals surface area contributed by atoms with Crippen molar-refractivity contribution in [2.45, 2.75) is 25.3 Å². The topological polar surface area (TPSA) is 79.0 Å². The Morgan fingerprint density at radius 3 is 2.53 bits per heavy atom. The fourth-order valence-corrected chi connectivity index (χ4v) is 4.33. The molecule has 1 N–H and O–H groups in total. The summed E-state index contributed by atoms with van der Waals surface area (Å²) in [6, 6.07) is -0.577. The van der Waals surface area contributed by atoms with Crippen LogP contribution >= 0.6 is 0 Å². The molecule has 2 aliphatic rings. The lowest BCUT2D eigenvalue weighted by atomic mass is 10.0. The van der Waals surface area contributed by atoms with Crippen molar-refractivity contribution < 1.29 is 17.9 Å². The molecule has 7 nitrogen and oxygen atoms in total. The van der Waals surface area contributed by atoms with Crippen LogP contribution in [0.3, 0.4) is 0 Å². The summed E-state index contributed by atoms with van der Waals surface area (Å²) in [6.45, 7) is 1.96. The maximum Gasteiger partial charge on any atom is 0.282 e. The van der Waals surface area contributed by atoms with Gasteiger partial charge in [0.25, 0.3) is 10.2 Å². The first-order chi connectivity index (χ1) is 9.07. The number of hydrogen-bond donors (Lipinski definition) is 1. The zero-order chi connectivity index (χ0) is 13.9. The van der Waals surface area contributed by atoms with Gasteiger partial charge in [-0.2, -0.15) is 17.0 Å². The Hall–Kier alpha value is -0.700. The molecule has 0 aromatic heterocycles. The molecule has 2 rings (SSSR count). The van der Waals surface area contributed by atoms with Gasteiger partial charge >= 0.3 is 0 Å². The van der Waals surface area contributed by atoms with E-state index in [2.05, 4.69) is 5.32 Å². The van der Waals surface area contributed by atoms with Crippen molar-refractivity contribution in [3.63, 3.8) is 0 Å². The van der Waals surface area contributed by atoms with Crippen molar-refractivity contribution in [2.24, 2.45) is 0 Å². The summed E-state index contributed by atoms with van der Waals surface area (Å²) in [5.41, 5.74) is 0. The average molecular weight is 291 g/mol. The van der Waals surface area contributed by atoms with Gasteiger partial charge in [-0.1, -0.05) is 6.42 Å². The molecule has 8 heteroatoms. The zero-order valence-electron chi connectivity index (χ0n) is 11.2. The molecule has 1 amide bonds. The van der Waals surface area contributed by atoms with Gasteiger partial charge in [-0.05, 0) is 12.8 Å². The second-order valence-corrected chi connectivity index (χ2v) is 6.64. The maximum absolute atomic E-state index is 12.6. The first kappa shape index (κ1) is 14.7. The third kappa shape index (κ3) is 3.07. The van der Waals surface area contributed by atoms with E-state index in [1.54, 1.807) is 0 Å². The Labute approximate surface area is 114 Å². The van der Waals surface area contributed by atoms with Gasteiger partial charge in [0.15, 0.2) is 0 Å². The van der Waals surface area contributed by atoms with Gasteiger partial charge in [-0.15, -0.1) is 0 Å². The highest BCUT2D eigenvalue weighted by Crippen LogP contribution is 2.23. The van der Waals surface area contributed by atoms with Gasteiger partial charge < -0.3 is 10.1 Å².